The molecule has 0 saturated heterocycles. The largest absolute Gasteiger partial charge is 0.352 e. The van der Waals surface area contributed by atoms with Crippen molar-refractivity contribution in [2.24, 2.45) is 5.73 Å². The summed E-state index contributed by atoms with van der Waals surface area (Å²) in [6, 6.07) is 8.40. The summed E-state index contributed by atoms with van der Waals surface area (Å²) in [6.45, 7) is 4.72. The first-order valence-electron chi connectivity index (χ1n) is 6.72. The number of nitrogens with one attached hydrogen (secondary N) is 1. The molecule has 0 radical (unpaired) electrons. The molecule has 18 heavy (non-hydrogen) atoms. The molecular formula is C15H24N2O. The Labute approximate surface area is 110 Å². The number of amides is 1. The minimum atomic E-state index is 0.113. The molecule has 1 atom stereocenters. The highest BCUT2D eigenvalue weighted by Gasteiger charge is 2.04. The van der Waals surface area contributed by atoms with Crippen LogP contribution in [-0.4, -0.2) is 11.9 Å². The molecule has 1 amide bonds. The van der Waals surface area contributed by atoms with E-state index in [1.807, 2.05) is 19.1 Å². The van der Waals surface area contributed by atoms with Gasteiger partial charge in [0.25, 0.3) is 0 Å². The molecule has 0 aliphatic carbocycles. The molecule has 0 aliphatic heterocycles. The zero-order chi connectivity index (χ0) is 13.4. The van der Waals surface area contributed by atoms with Crippen LogP contribution in [-0.2, 0) is 17.8 Å². The van der Waals surface area contributed by atoms with Gasteiger partial charge in [-0.05, 0) is 37.3 Å². The van der Waals surface area contributed by atoms with Crippen molar-refractivity contribution in [3.63, 3.8) is 0 Å². The topological polar surface area (TPSA) is 55.1 Å². The van der Waals surface area contributed by atoms with Gasteiger partial charge in [-0.15, -0.1) is 0 Å². The zero-order valence-corrected chi connectivity index (χ0v) is 11.4. The molecule has 1 aromatic rings. The summed E-state index contributed by atoms with van der Waals surface area (Å²) in [4.78, 5) is 11.6. The Morgan fingerprint density at radius 2 is 2.00 bits per heavy atom. The molecule has 0 fully saturated rings. The fourth-order valence-electron chi connectivity index (χ4n) is 1.94. The highest BCUT2D eigenvalue weighted by Crippen LogP contribution is 2.09. The Morgan fingerprint density at radius 1 is 1.33 bits per heavy atom. The maximum absolute atomic E-state index is 11.6. The summed E-state index contributed by atoms with van der Waals surface area (Å²) >= 11 is 0. The van der Waals surface area contributed by atoms with Gasteiger partial charge in [-0.3, -0.25) is 4.79 Å². The fourth-order valence-corrected chi connectivity index (χ4v) is 1.94. The number of rotatable bonds is 7. The van der Waals surface area contributed by atoms with E-state index in [4.69, 9.17) is 5.73 Å². The summed E-state index contributed by atoms with van der Waals surface area (Å²) in [7, 11) is 0. The van der Waals surface area contributed by atoms with Gasteiger partial charge in [-0.2, -0.15) is 0 Å². The molecule has 3 heteroatoms. The second-order valence-electron chi connectivity index (χ2n) is 4.77. The molecule has 0 aliphatic rings. The first-order valence-corrected chi connectivity index (χ1v) is 6.72. The Balaban J connectivity index is 2.33. The molecule has 0 spiro atoms. The number of hydrogen-bond acceptors (Lipinski definition) is 2. The van der Waals surface area contributed by atoms with E-state index in [0.29, 0.717) is 13.0 Å². The predicted octanol–water partition coefficient (Wildman–Crippen LogP) is 2.38. The van der Waals surface area contributed by atoms with Gasteiger partial charge in [0.15, 0.2) is 0 Å². The summed E-state index contributed by atoms with van der Waals surface area (Å²) in [5.41, 5.74) is 8.16. The van der Waals surface area contributed by atoms with E-state index in [2.05, 4.69) is 24.4 Å². The predicted molar refractivity (Wildman–Crippen MR) is 75.2 cm³/mol. The monoisotopic (exact) mass is 248 g/mol. The van der Waals surface area contributed by atoms with Crippen LogP contribution >= 0.6 is 0 Å². The summed E-state index contributed by atoms with van der Waals surface area (Å²) in [5, 5.41) is 2.97. The van der Waals surface area contributed by atoms with Crippen LogP contribution in [0.5, 0.6) is 0 Å². The van der Waals surface area contributed by atoms with E-state index in [-0.39, 0.29) is 11.9 Å². The highest BCUT2D eigenvalue weighted by atomic mass is 16.1. The van der Waals surface area contributed by atoms with Gasteiger partial charge in [0.1, 0.15) is 0 Å². The SMILES string of the molecule is CCc1ccccc1CNC(=O)CCCC(C)N. The molecule has 0 heterocycles. The summed E-state index contributed by atoms with van der Waals surface area (Å²) in [5.74, 6) is 0.113. The molecular weight excluding hydrogens is 224 g/mol. The molecule has 1 unspecified atom stereocenters. The third kappa shape index (κ3) is 5.32. The van der Waals surface area contributed by atoms with E-state index in [1.54, 1.807) is 0 Å². The lowest BCUT2D eigenvalue weighted by Crippen LogP contribution is -2.24. The molecule has 3 nitrogen and oxygen atoms in total. The van der Waals surface area contributed by atoms with Crippen molar-refractivity contribution in [3.05, 3.63) is 35.4 Å². The summed E-state index contributed by atoms with van der Waals surface area (Å²) < 4.78 is 0. The Bertz CT molecular complexity index is 375. The van der Waals surface area contributed by atoms with Crippen LogP contribution in [0.4, 0.5) is 0 Å². The van der Waals surface area contributed by atoms with Crippen LogP contribution in [0, 0.1) is 0 Å². The van der Waals surface area contributed by atoms with Gasteiger partial charge < -0.3 is 11.1 Å². The second kappa shape index (κ2) is 7.88. The zero-order valence-electron chi connectivity index (χ0n) is 11.4. The maximum Gasteiger partial charge on any atom is 0.220 e. The molecule has 100 valence electrons. The van der Waals surface area contributed by atoms with E-state index in [9.17, 15) is 4.79 Å². The maximum atomic E-state index is 11.6. The molecule has 3 N–H and O–H groups in total. The minimum absolute atomic E-state index is 0.113. The van der Waals surface area contributed by atoms with E-state index in [1.165, 1.54) is 11.1 Å². The van der Waals surface area contributed by atoms with Gasteiger partial charge in [0, 0.05) is 19.0 Å². The van der Waals surface area contributed by atoms with Gasteiger partial charge >= 0.3 is 0 Å². The number of nitrogens with two attached hydrogens (primary N) is 1. The van der Waals surface area contributed by atoms with Crippen molar-refractivity contribution in [2.45, 2.75) is 52.1 Å². The summed E-state index contributed by atoms with van der Waals surface area (Å²) in [6.07, 6.45) is 3.32. The van der Waals surface area contributed by atoms with Crippen LogP contribution in [0.2, 0.25) is 0 Å². The van der Waals surface area contributed by atoms with Crippen LogP contribution in [0.1, 0.15) is 44.2 Å². The van der Waals surface area contributed by atoms with Crippen LogP contribution in [0.3, 0.4) is 0 Å². The lowest BCUT2D eigenvalue weighted by molar-refractivity contribution is -0.121. The van der Waals surface area contributed by atoms with Crippen LogP contribution in [0.15, 0.2) is 24.3 Å². The molecule has 0 bridgehead atoms. The Kier molecular flexibility index (Phi) is 6.44. The molecule has 1 aromatic carbocycles. The lowest BCUT2D eigenvalue weighted by atomic mass is 10.1. The quantitative estimate of drug-likeness (QED) is 0.778. The third-order valence-corrected chi connectivity index (χ3v) is 3.04. The lowest BCUT2D eigenvalue weighted by Gasteiger charge is -2.09. The Morgan fingerprint density at radius 3 is 2.61 bits per heavy atom. The first-order chi connectivity index (χ1) is 8.63. The van der Waals surface area contributed by atoms with Crippen molar-refractivity contribution >= 4 is 5.91 Å². The smallest absolute Gasteiger partial charge is 0.220 e. The molecule has 0 aromatic heterocycles. The Hall–Kier alpha value is -1.35. The first kappa shape index (κ1) is 14.7. The number of carbonyl (C=O) groups excluding carboxylic acids is 1. The number of aryl methyl sites for hydroxylation is 1. The van der Waals surface area contributed by atoms with Gasteiger partial charge in [0.2, 0.25) is 5.91 Å². The number of benzene rings is 1. The van der Waals surface area contributed by atoms with Crippen molar-refractivity contribution in [3.8, 4) is 0 Å². The number of carbonyl (C=O) groups is 1. The normalized spacial score (nSPS) is 12.2. The number of hydrogen-bond donors (Lipinski definition) is 2. The van der Waals surface area contributed by atoms with Crippen molar-refractivity contribution < 1.29 is 4.79 Å². The fraction of sp³-hybridized carbons (Fsp3) is 0.533. The average Bonchev–Trinajstić information content (AvgIpc) is 2.36. The van der Waals surface area contributed by atoms with E-state index < -0.39 is 0 Å². The van der Waals surface area contributed by atoms with Gasteiger partial charge in [-0.25, -0.2) is 0 Å². The van der Waals surface area contributed by atoms with Crippen molar-refractivity contribution in [1.29, 1.82) is 0 Å². The molecule has 1 rings (SSSR count). The van der Waals surface area contributed by atoms with E-state index >= 15 is 0 Å². The highest BCUT2D eigenvalue weighted by molar-refractivity contribution is 5.75. The van der Waals surface area contributed by atoms with Crippen LogP contribution in [0.25, 0.3) is 0 Å². The third-order valence-electron chi connectivity index (χ3n) is 3.04. The van der Waals surface area contributed by atoms with Crippen molar-refractivity contribution in [2.75, 3.05) is 0 Å². The second-order valence-corrected chi connectivity index (χ2v) is 4.77. The van der Waals surface area contributed by atoms with E-state index in [0.717, 1.165) is 19.3 Å². The van der Waals surface area contributed by atoms with Gasteiger partial charge in [0.05, 0.1) is 0 Å². The standard InChI is InChI=1S/C15H24N2O/c1-3-13-8-4-5-9-14(13)11-17-15(18)10-6-7-12(2)16/h4-5,8-9,12H,3,6-7,10-11,16H2,1-2H3,(H,17,18). The molecule has 0 saturated carbocycles. The van der Waals surface area contributed by atoms with Crippen LogP contribution < -0.4 is 11.1 Å². The van der Waals surface area contributed by atoms with Gasteiger partial charge in [-0.1, -0.05) is 31.2 Å². The minimum Gasteiger partial charge on any atom is -0.352 e. The average molecular weight is 248 g/mol. The van der Waals surface area contributed by atoms with Crippen molar-refractivity contribution in [1.82, 2.24) is 5.32 Å².